The molecule has 0 radical (unpaired) electrons. The lowest BCUT2D eigenvalue weighted by molar-refractivity contribution is -0.117. The van der Waals surface area contributed by atoms with E-state index in [1.165, 1.54) is 6.08 Å². The second-order valence-corrected chi connectivity index (χ2v) is 7.81. The van der Waals surface area contributed by atoms with Crippen LogP contribution in [0.3, 0.4) is 0 Å². The lowest BCUT2D eigenvalue weighted by atomic mass is 10.0. The van der Waals surface area contributed by atoms with Crippen LogP contribution in [0.25, 0.3) is 0 Å². The van der Waals surface area contributed by atoms with Crippen LogP contribution in [0.5, 0.6) is 5.75 Å². The number of hydrogen-bond donors (Lipinski definition) is 2. The van der Waals surface area contributed by atoms with Crippen LogP contribution < -0.4 is 0 Å². The summed E-state index contributed by atoms with van der Waals surface area (Å²) in [5.41, 5.74) is 1.89. The van der Waals surface area contributed by atoms with E-state index in [1.54, 1.807) is 36.1 Å². The summed E-state index contributed by atoms with van der Waals surface area (Å²) in [5, 5.41) is 17.2. The lowest BCUT2D eigenvalue weighted by Gasteiger charge is -2.21. The minimum Gasteiger partial charge on any atom is -0.508 e. The van der Waals surface area contributed by atoms with Crippen LogP contribution in [0.15, 0.2) is 53.5 Å². The zero-order chi connectivity index (χ0) is 21.8. The summed E-state index contributed by atoms with van der Waals surface area (Å²) < 4.78 is 0. The van der Waals surface area contributed by atoms with E-state index < -0.39 is 0 Å². The molecule has 8 nitrogen and oxygen atoms in total. The minimum atomic E-state index is -0.315. The van der Waals surface area contributed by atoms with Crippen LogP contribution in [-0.4, -0.2) is 101 Å². The first kappa shape index (κ1) is 21.9. The van der Waals surface area contributed by atoms with Crippen LogP contribution in [0.4, 0.5) is 0 Å². The highest BCUT2D eigenvalue weighted by molar-refractivity contribution is 6.22. The van der Waals surface area contributed by atoms with Crippen molar-refractivity contribution in [3.63, 3.8) is 0 Å². The number of nitrogens with zero attached hydrogens (tertiary/aromatic N) is 4. The van der Waals surface area contributed by atoms with Gasteiger partial charge in [-0.3, -0.25) is 14.5 Å². The molecule has 3 heterocycles. The molecule has 1 atom stereocenters. The average Bonchev–Trinajstić information content (AvgIpc) is 3.57. The molecule has 0 spiro atoms. The van der Waals surface area contributed by atoms with Crippen molar-refractivity contribution in [1.29, 1.82) is 0 Å². The van der Waals surface area contributed by atoms with Gasteiger partial charge in [-0.05, 0) is 33.2 Å². The second-order valence-electron chi connectivity index (χ2n) is 7.81. The summed E-state index contributed by atoms with van der Waals surface area (Å²) in [7, 11) is 3.65. The van der Waals surface area contributed by atoms with Gasteiger partial charge in [0.25, 0.3) is 0 Å². The molecule has 1 unspecified atom stereocenters. The normalized spacial score (nSPS) is 20.2. The number of rotatable bonds is 4. The SMILES string of the molecule is CC(O)N(C)C.O=C1C=C(N2CC2)C(=O)C(N2CC2)=C1N1CC1.Oc1ccccc1. The molecule has 1 aliphatic carbocycles. The maximum absolute atomic E-state index is 12.4. The third-order valence-electron chi connectivity index (χ3n) is 4.99. The molecule has 0 aromatic heterocycles. The number of ketones is 2. The minimum absolute atomic E-state index is 0.00546. The summed E-state index contributed by atoms with van der Waals surface area (Å²) in [6.45, 7) is 7.13. The molecule has 0 bridgehead atoms. The molecule has 162 valence electrons. The van der Waals surface area contributed by atoms with Gasteiger partial charge in [0, 0.05) is 45.3 Å². The fourth-order valence-electron chi connectivity index (χ4n) is 2.70. The van der Waals surface area contributed by atoms with E-state index in [1.807, 2.05) is 34.9 Å². The average molecular weight is 415 g/mol. The molecule has 1 aromatic carbocycles. The van der Waals surface area contributed by atoms with Gasteiger partial charge < -0.3 is 24.9 Å². The second kappa shape index (κ2) is 9.32. The van der Waals surface area contributed by atoms with Crippen LogP contribution in [0.2, 0.25) is 0 Å². The number of phenolic OH excluding ortho intramolecular Hbond substituents is 1. The molecule has 3 saturated heterocycles. The van der Waals surface area contributed by atoms with Crippen molar-refractivity contribution in [2.24, 2.45) is 0 Å². The van der Waals surface area contributed by atoms with E-state index >= 15 is 0 Å². The Morgan fingerprint density at radius 3 is 1.70 bits per heavy atom. The molecular formula is C22H30N4O4. The van der Waals surface area contributed by atoms with Crippen LogP contribution in [0.1, 0.15) is 6.92 Å². The van der Waals surface area contributed by atoms with Gasteiger partial charge in [-0.2, -0.15) is 0 Å². The Morgan fingerprint density at radius 1 is 0.867 bits per heavy atom. The topological polar surface area (TPSA) is 86.9 Å². The number of aliphatic hydroxyl groups excluding tert-OH is 1. The summed E-state index contributed by atoms with van der Waals surface area (Å²) in [5.74, 6) is 0.370. The van der Waals surface area contributed by atoms with Crippen molar-refractivity contribution in [3.8, 4) is 5.75 Å². The summed E-state index contributed by atoms with van der Waals surface area (Å²) >= 11 is 0. The number of carbonyl (C=O) groups excluding carboxylic acids is 2. The molecule has 1 aromatic rings. The molecule has 3 aliphatic heterocycles. The monoisotopic (exact) mass is 414 g/mol. The number of Topliss-reactive ketones (excluding diaryl/α,β-unsaturated/α-hetero) is 1. The predicted octanol–water partition coefficient (Wildman–Crippen LogP) is 0.459. The zero-order valence-electron chi connectivity index (χ0n) is 17.8. The molecule has 4 aliphatic rings. The molecule has 0 amide bonds. The predicted molar refractivity (Wildman–Crippen MR) is 113 cm³/mol. The van der Waals surface area contributed by atoms with Crippen LogP contribution in [0, 0.1) is 0 Å². The van der Waals surface area contributed by atoms with E-state index in [0.717, 1.165) is 39.3 Å². The van der Waals surface area contributed by atoms with Crippen molar-refractivity contribution >= 4 is 11.6 Å². The van der Waals surface area contributed by atoms with Crippen molar-refractivity contribution < 1.29 is 19.8 Å². The molecule has 3 fully saturated rings. The Balaban J connectivity index is 0.000000164. The summed E-state index contributed by atoms with van der Waals surface area (Å²) in [4.78, 5) is 32.2. The van der Waals surface area contributed by atoms with Crippen molar-refractivity contribution in [2.75, 3.05) is 53.4 Å². The van der Waals surface area contributed by atoms with Crippen LogP contribution in [-0.2, 0) is 9.59 Å². The smallest absolute Gasteiger partial charge is 0.227 e. The first-order valence-electron chi connectivity index (χ1n) is 10.2. The quantitative estimate of drug-likeness (QED) is 0.418. The Bertz CT molecular complexity index is 830. The number of hydrogen-bond acceptors (Lipinski definition) is 8. The standard InChI is InChI=1S/C12H13N3O2.C6H6O.C4H11NO/c16-9-7-8(13-1-2-13)12(17)11(15-5-6-15)10(9)14-3-4-14;7-6-4-2-1-3-5-6;1-4(6)5(2)3/h7H,1-6H2;1-5,7H;4,6H,1-3H3. The van der Waals surface area contributed by atoms with Gasteiger partial charge in [0.15, 0.2) is 0 Å². The van der Waals surface area contributed by atoms with Gasteiger partial charge in [0.05, 0.1) is 5.70 Å². The highest BCUT2D eigenvalue weighted by atomic mass is 16.3. The van der Waals surface area contributed by atoms with Crippen molar-refractivity contribution in [3.05, 3.63) is 53.5 Å². The van der Waals surface area contributed by atoms with Gasteiger partial charge >= 0.3 is 0 Å². The number of benzene rings is 1. The summed E-state index contributed by atoms with van der Waals surface area (Å²) in [6, 6.07) is 8.71. The zero-order valence-corrected chi connectivity index (χ0v) is 17.8. The molecule has 0 saturated carbocycles. The van der Waals surface area contributed by atoms with Crippen molar-refractivity contribution in [2.45, 2.75) is 13.2 Å². The Kier molecular flexibility index (Phi) is 6.79. The molecule has 30 heavy (non-hydrogen) atoms. The molecule has 5 rings (SSSR count). The van der Waals surface area contributed by atoms with Gasteiger partial charge in [-0.25, -0.2) is 0 Å². The molecular weight excluding hydrogens is 384 g/mol. The van der Waals surface area contributed by atoms with E-state index in [-0.39, 0.29) is 17.8 Å². The summed E-state index contributed by atoms with van der Waals surface area (Å²) in [6.07, 6.45) is 1.21. The highest BCUT2D eigenvalue weighted by Crippen LogP contribution is 2.33. The number of carbonyl (C=O) groups is 2. The number of aromatic hydroxyl groups is 1. The van der Waals surface area contributed by atoms with E-state index in [4.69, 9.17) is 10.2 Å². The Hall–Kier alpha value is -2.84. The maximum Gasteiger partial charge on any atom is 0.227 e. The van der Waals surface area contributed by atoms with E-state index in [0.29, 0.717) is 22.8 Å². The molecule has 8 heteroatoms. The molecule has 2 N–H and O–H groups in total. The first-order chi connectivity index (χ1) is 14.3. The number of phenols is 1. The van der Waals surface area contributed by atoms with Crippen LogP contribution >= 0.6 is 0 Å². The third kappa shape index (κ3) is 5.84. The fourth-order valence-corrected chi connectivity index (χ4v) is 2.70. The van der Waals surface area contributed by atoms with Gasteiger partial charge in [0.1, 0.15) is 23.4 Å². The fraction of sp³-hybridized carbons (Fsp3) is 0.455. The maximum atomic E-state index is 12.4. The van der Waals surface area contributed by atoms with Gasteiger partial charge in [-0.15, -0.1) is 0 Å². The van der Waals surface area contributed by atoms with E-state index in [9.17, 15) is 9.59 Å². The number of allylic oxidation sites excluding steroid dienone is 1. The Labute approximate surface area is 177 Å². The largest absolute Gasteiger partial charge is 0.508 e. The third-order valence-corrected chi connectivity index (χ3v) is 4.99. The lowest BCUT2D eigenvalue weighted by Crippen LogP contribution is -2.29. The Morgan fingerprint density at radius 2 is 1.33 bits per heavy atom. The highest BCUT2D eigenvalue weighted by Gasteiger charge is 2.43. The van der Waals surface area contributed by atoms with Gasteiger partial charge in [-0.1, -0.05) is 18.2 Å². The van der Waals surface area contributed by atoms with E-state index in [2.05, 4.69) is 0 Å². The van der Waals surface area contributed by atoms with Crippen molar-refractivity contribution in [1.82, 2.24) is 19.6 Å². The number of aliphatic hydroxyl groups is 1. The van der Waals surface area contributed by atoms with Gasteiger partial charge in [0.2, 0.25) is 11.6 Å². The number of para-hydroxylation sites is 1. The first-order valence-corrected chi connectivity index (χ1v) is 10.2.